The van der Waals surface area contributed by atoms with Crippen molar-refractivity contribution in [3.05, 3.63) is 71.2 Å². The van der Waals surface area contributed by atoms with Gasteiger partial charge in [0.05, 0.1) is 11.1 Å². The standard InChI is InChI=1S/C25H22F7N3O/c1-35(18-9-7-17(8-10-18)33-23(36)14-2-5-16(26)6-3-14)21-13-22(25(30,31)32)34-20-11-4-15(12-19(20)21)24(27,28)29/h2-6,11-13,17-18H,7-10H2,1H3,(H,33,36)/t17-,18+. The van der Waals surface area contributed by atoms with Gasteiger partial charge in [0, 0.05) is 35.8 Å². The summed E-state index contributed by atoms with van der Waals surface area (Å²) >= 11 is 0. The summed E-state index contributed by atoms with van der Waals surface area (Å²) in [5.41, 5.74) is -2.02. The molecule has 36 heavy (non-hydrogen) atoms. The lowest BCUT2D eigenvalue weighted by atomic mass is 9.89. The molecule has 4 rings (SSSR count). The van der Waals surface area contributed by atoms with Crippen LogP contribution in [0.15, 0.2) is 48.5 Å². The minimum Gasteiger partial charge on any atom is -0.371 e. The molecule has 11 heteroatoms. The number of carbonyl (C=O) groups excluding carboxylic acids is 1. The van der Waals surface area contributed by atoms with Crippen molar-refractivity contribution in [2.24, 2.45) is 0 Å². The summed E-state index contributed by atoms with van der Waals surface area (Å²) in [5, 5.41) is 2.85. The zero-order valence-electron chi connectivity index (χ0n) is 19.1. The van der Waals surface area contributed by atoms with E-state index in [2.05, 4.69) is 10.3 Å². The van der Waals surface area contributed by atoms with E-state index >= 15 is 0 Å². The van der Waals surface area contributed by atoms with Crippen LogP contribution in [-0.2, 0) is 12.4 Å². The SMILES string of the molecule is CN(c1cc(C(F)(F)F)nc2ccc(C(F)(F)F)cc12)[C@H]1CC[C@@H](NC(=O)c2ccc(F)cc2)CC1. The molecule has 2 aromatic carbocycles. The number of aromatic nitrogens is 1. The van der Waals surface area contributed by atoms with E-state index in [1.165, 1.54) is 24.3 Å². The number of hydrogen-bond donors (Lipinski definition) is 1. The number of nitrogens with zero attached hydrogens (tertiary/aromatic N) is 2. The minimum absolute atomic E-state index is 0.0113. The average molecular weight is 513 g/mol. The lowest BCUT2D eigenvalue weighted by Gasteiger charge is -2.37. The van der Waals surface area contributed by atoms with Gasteiger partial charge >= 0.3 is 12.4 Å². The lowest BCUT2D eigenvalue weighted by Crippen LogP contribution is -2.43. The van der Waals surface area contributed by atoms with Crippen LogP contribution in [0.1, 0.15) is 47.3 Å². The zero-order chi connectivity index (χ0) is 26.3. The van der Waals surface area contributed by atoms with Gasteiger partial charge in [-0.2, -0.15) is 26.3 Å². The number of carbonyl (C=O) groups is 1. The number of amides is 1. The Morgan fingerprint density at radius 1 is 0.917 bits per heavy atom. The number of rotatable bonds is 4. The van der Waals surface area contributed by atoms with E-state index in [1.54, 1.807) is 11.9 Å². The van der Waals surface area contributed by atoms with Crippen LogP contribution in [0, 0.1) is 5.82 Å². The summed E-state index contributed by atoms with van der Waals surface area (Å²) in [5.74, 6) is -0.823. The van der Waals surface area contributed by atoms with E-state index in [0.717, 1.165) is 18.2 Å². The van der Waals surface area contributed by atoms with Crippen LogP contribution >= 0.6 is 0 Å². The topological polar surface area (TPSA) is 45.2 Å². The Morgan fingerprint density at radius 3 is 2.14 bits per heavy atom. The van der Waals surface area contributed by atoms with Crippen molar-refractivity contribution in [1.82, 2.24) is 10.3 Å². The predicted octanol–water partition coefficient (Wildman–Crippen LogP) is 6.59. The van der Waals surface area contributed by atoms with Gasteiger partial charge < -0.3 is 10.2 Å². The van der Waals surface area contributed by atoms with Gasteiger partial charge in [-0.3, -0.25) is 4.79 Å². The monoisotopic (exact) mass is 513 g/mol. The maximum absolute atomic E-state index is 13.5. The molecule has 1 saturated carbocycles. The molecule has 4 nitrogen and oxygen atoms in total. The quantitative estimate of drug-likeness (QED) is 0.401. The molecular formula is C25H22F7N3O. The third-order valence-corrected chi connectivity index (χ3v) is 6.47. The molecule has 0 unspecified atom stereocenters. The Labute approximate surface area is 202 Å². The van der Waals surface area contributed by atoms with Crippen molar-refractivity contribution in [3.63, 3.8) is 0 Å². The van der Waals surface area contributed by atoms with Gasteiger partial charge in [-0.15, -0.1) is 0 Å². The number of alkyl halides is 6. The Morgan fingerprint density at radius 2 is 1.56 bits per heavy atom. The summed E-state index contributed by atoms with van der Waals surface area (Å²) in [6, 6.07) is 7.92. The van der Waals surface area contributed by atoms with Crippen LogP contribution < -0.4 is 10.2 Å². The van der Waals surface area contributed by atoms with Crippen molar-refractivity contribution >= 4 is 22.5 Å². The second-order valence-electron chi connectivity index (χ2n) is 8.85. The fourth-order valence-electron chi connectivity index (χ4n) is 4.50. The summed E-state index contributed by atoms with van der Waals surface area (Å²) in [6.07, 6.45) is -7.40. The first-order chi connectivity index (χ1) is 16.8. The number of hydrogen-bond acceptors (Lipinski definition) is 3. The molecule has 0 atom stereocenters. The Bertz CT molecular complexity index is 1250. The second kappa shape index (κ2) is 9.59. The largest absolute Gasteiger partial charge is 0.433 e. The molecule has 1 aliphatic rings. The van der Waals surface area contributed by atoms with Crippen LogP contribution in [0.5, 0.6) is 0 Å². The Hall–Kier alpha value is -3.37. The molecule has 192 valence electrons. The molecule has 1 amide bonds. The number of halogens is 7. The average Bonchev–Trinajstić information content (AvgIpc) is 2.82. The van der Waals surface area contributed by atoms with Crippen LogP contribution in [0.3, 0.4) is 0 Å². The zero-order valence-corrected chi connectivity index (χ0v) is 19.1. The molecule has 0 spiro atoms. The van der Waals surface area contributed by atoms with E-state index in [0.29, 0.717) is 37.3 Å². The third kappa shape index (κ3) is 5.55. The number of fused-ring (bicyclic) bond motifs is 1. The fourth-order valence-corrected chi connectivity index (χ4v) is 4.50. The van der Waals surface area contributed by atoms with Gasteiger partial charge in [0.25, 0.3) is 5.91 Å². The first kappa shape index (κ1) is 25.7. The van der Waals surface area contributed by atoms with E-state index in [4.69, 9.17) is 0 Å². The van der Waals surface area contributed by atoms with Gasteiger partial charge in [0.1, 0.15) is 11.5 Å². The van der Waals surface area contributed by atoms with Crippen molar-refractivity contribution in [2.75, 3.05) is 11.9 Å². The first-order valence-corrected chi connectivity index (χ1v) is 11.2. The van der Waals surface area contributed by atoms with Crippen LogP contribution in [0.2, 0.25) is 0 Å². The number of nitrogens with one attached hydrogen (secondary N) is 1. The summed E-state index contributed by atoms with van der Waals surface area (Å²) in [6.45, 7) is 0. The highest BCUT2D eigenvalue weighted by Crippen LogP contribution is 2.39. The molecule has 1 fully saturated rings. The highest BCUT2D eigenvalue weighted by atomic mass is 19.4. The minimum atomic E-state index is -4.77. The number of pyridine rings is 1. The van der Waals surface area contributed by atoms with Gasteiger partial charge in [-0.1, -0.05) is 0 Å². The van der Waals surface area contributed by atoms with Gasteiger partial charge in [-0.05, 0) is 74.2 Å². The number of anilines is 1. The molecule has 3 aromatic rings. The van der Waals surface area contributed by atoms with E-state index in [1.807, 2.05) is 0 Å². The normalized spacial score (nSPS) is 18.8. The maximum Gasteiger partial charge on any atom is 0.433 e. The van der Waals surface area contributed by atoms with E-state index < -0.39 is 29.4 Å². The van der Waals surface area contributed by atoms with Gasteiger partial charge in [0.15, 0.2) is 0 Å². The molecule has 0 bridgehead atoms. The van der Waals surface area contributed by atoms with Gasteiger partial charge in [0.2, 0.25) is 0 Å². The van der Waals surface area contributed by atoms with Crippen molar-refractivity contribution in [1.29, 1.82) is 0 Å². The molecule has 1 aromatic heterocycles. The van der Waals surface area contributed by atoms with Crippen LogP contribution in [0.25, 0.3) is 10.9 Å². The van der Waals surface area contributed by atoms with E-state index in [9.17, 15) is 35.5 Å². The molecule has 0 aliphatic heterocycles. The van der Waals surface area contributed by atoms with Crippen LogP contribution in [-0.4, -0.2) is 30.0 Å². The summed E-state index contributed by atoms with van der Waals surface area (Å²) in [7, 11) is 1.55. The molecule has 1 aliphatic carbocycles. The third-order valence-electron chi connectivity index (χ3n) is 6.47. The molecule has 0 radical (unpaired) electrons. The van der Waals surface area contributed by atoms with Crippen molar-refractivity contribution in [2.45, 2.75) is 50.1 Å². The Kier molecular flexibility index (Phi) is 6.85. The van der Waals surface area contributed by atoms with E-state index in [-0.39, 0.29) is 34.6 Å². The Balaban J connectivity index is 1.55. The smallest absolute Gasteiger partial charge is 0.371 e. The summed E-state index contributed by atoms with van der Waals surface area (Å²) < 4.78 is 93.4. The molecule has 1 N–H and O–H groups in total. The highest BCUT2D eigenvalue weighted by molar-refractivity contribution is 5.94. The fraction of sp³-hybridized carbons (Fsp3) is 0.360. The second-order valence-corrected chi connectivity index (χ2v) is 8.85. The molecular weight excluding hydrogens is 491 g/mol. The molecule has 0 saturated heterocycles. The molecule has 1 heterocycles. The van der Waals surface area contributed by atoms with Crippen LogP contribution in [0.4, 0.5) is 36.4 Å². The van der Waals surface area contributed by atoms with Crippen molar-refractivity contribution < 1.29 is 35.5 Å². The van der Waals surface area contributed by atoms with Gasteiger partial charge in [-0.25, -0.2) is 9.37 Å². The summed E-state index contributed by atoms with van der Waals surface area (Å²) in [4.78, 5) is 17.5. The van der Waals surface area contributed by atoms with Crippen molar-refractivity contribution in [3.8, 4) is 0 Å². The first-order valence-electron chi connectivity index (χ1n) is 11.2. The number of benzene rings is 2. The maximum atomic E-state index is 13.5. The highest BCUT2D eigenvalue weighted by Gasteiger charge is 2.36. The lowest BCUT2D eigenvalue weighted by molar-refractivity contribution is -0.141. The predicted molar refractivity (Wildman–Crippen MR) is 120 cm³/mol.